The lowest BCUT2D eigenvalue weighted by molar-refractivity contribution is 0.0606. The van der Waals surface area contributed by atoms with E-state index in [-0.39, 0.29) is 6.10 Å². The zero-order valence-corrected chi connectivity index (χ0v) is 13.9. The minimum absolute atomic E-state index is 0.260. The van der Waals surface area contributed by atoms with Crippen LogP contribution in [0.5, 0.6) is 0 Å². The third kappa shape index (κ3) is 4.31. The molecule has 1 saturated carbocycles. The SMILES string of the molecule is CCCNC(c1ccc(C2CCC2)cc1)C(CCC)OC. The Morgan fingerprint density at radius 2 is 1.86 bits per heavy atom. The quantitative estimate of drug-likeness (QED) is 0.704. The molecule has 2 nitrogen and oxygen atoms in total. The largest absolute Gasteiger partial charge is 0.379 e. The van der Waals surface area contributed by atoms with E-state index in [1.807, 2.05) is 7.11 Å². The fourth-order valence-corrected chi connectivity index (χ4v) is 3.19. The van der Waals surface area contributed by atoms with Crippen molar-refractivity contribution in [2.24, 2.45) is 0 Å². The minimum Gasteiger partial charge on any atom is -0.379 e. The van der Waals surface area contributed by atoms with Crippen LogP contribution in [0.3, 0.4) is 0 Å². The van der Waals surface area contributed by atoms with Gasteiger partial charge in [0.15, 0.2) is 0 Å². The normalized spacial score (nSPS) is 18.2. The van der Waals surface area contributed by atoms with Crippen molar-refractivity contribution in [3.05, 3.63) is 35.4 Å². The van der Waals surface area contributed by atoms with Gasteiger partial charge in [0, 0.05) is 7.11 Å². The lowest BCUT2D eigenvalue weighted by Crippen LogP contribution is -2.33. The molecule has 0 heterocycles. The van der Waals surface area contributed by atoms with Gasteiger partial charge in [-0.1, -0.05) is 51.0 Å². The number of ether oxygens (including phenoxy) is 1. The average Bonchev–Trinajstić information content (AvgIpc) is 2.46. The van der Waals surface area contributed by atoms with E-state index in [2.05, 4.69) is 43.4 Å². The second-order valence-corrected chi connectivity index (χ2v) is 6.29. The van der Waals surface area contributed by atoms with E-state index in [0.717, 1.165) is 31.7 Å². The zero-order valence-electron chi connectivity index (χ0n) is 13.9. The standard InChI is InChI=1S/C19H31NO/c1-4-7-18(21-3)19(20-14-5-2)17-12-10-16(11-13-17)15-8-6-9-15/h10-13,15,18-20H,4-9,14H2,1-3H3. The van der Waals surface area contributed by atoms with E-state index in [0.29, 0.717) is 6.04 Å². The second-order valence-electron chi connectivity index (χ2n) is 6.29. The third-order valence-electron chi connectivity index (χ3n) is 4.73. The highest BCUT2D eigenvalue weighted by Crippen LogP contribution is 2.36. The fourth-order valence-electron chi connectivity index (χ4n) is 3.19. The summed E-state index contributed by atoms with van der Waals surface area (Å²) in [5.74, 6) is 0.815. The van der Waals surface area contributed by atoms with Gasteiger partial charge in [0.2, 0.25) is 0 Å². The van der Waals surface area contributed by atoms with Gasteiger partial charge in [-0.2, -0.15) is 0 Å². The highest BCUT2D eigenvalue weighted by Gasteiger charge is 2.23. The van der Waals surface area contributed by atoms with Crippen molar-refractivity contribution in [3.63, 3.8) is 0 Å². The Balaban J connectivity index is 2.10. The summed E-state index contributed by atoms with van der Waals surface area (Å²) in [6.45, 7) is 5.48. The van der Waals surface area contributed by atoms with E-state index in [9.17, 15) is 0 Å². The molecule has 0 bridgehead atoms. The molecule has 0 spiro atoms. The van der Waals surface area contributed by atoms with Crippen LogP contribution < -0.4 is 5.32 Å². The Morgan fingerprint density at radius 3 is 2.33 bits per heavy atom. The summed E-state index contributed by atoms with van der Waals surface area (Å²) in [4.78, 5) is 0. The smallest absolute Gasteiger partial charge is 0.0765 e. The Bertz CT molecular complexity index is 397. The Morgan fingerprint density at radius 1 is 1.14 bits per heavy atom. The molecule has 2 unspecified atom stereocenters. The second kappa shape index (κ2) is 8.55. The van der Waals surface area contributed by atoms with Gasteiger partial charge in [-0.15, -0.1) is 0 Å². The van der Waals surface area contributed by atoms with Gasteiger partial charge < -0.3 is 10.1 Å². The number of nitrogens with one attached hydrogen (secondary N) is 1. The number of hydrogen-bond acceptors (Lipinski definition) is 2. The maximum atomic E-state index is 5.75. The van der Waals surface area contributed by atoms with E-state index < -0.39 is 0 Å². The molecule has 21 heavy (non-hydrogen) atoms. The van der Waals surface area contributed by atoms with Crippen molar-refractivity contribution in [1.29, 1.82) is 0 Å². The molecule has 2 heteroatoms. The van der Waals surface area contributed by atoms with Gasteiger partial charge in [-0.05, 0) is 49.3 Å². The van der Waals surface area contributed by atoms with Gasteiger partial charge in [-0.25, -0.2) is 0 Å². The van der Waals surface area contributed by atoms with Gasteiger partial charge >= 0.3 is 0 Å². The molecular weight excluding hydrogens is 258 g/mol. The van der Waals surface area contributed by atoms with Crippen LogP contribution in [0.1, 0.15) is 75.5 Å². The van der Waals surface area contributed by atoms with Crippen molar-refractivity contribution in [2.45, 2.75) is 70.4 Å². The summed E-state index contributed by atoms with van der Waals surface area (Å²) in [5, 5.41) is 3.67. The molecule has 1 aromatic carbocycles. The summed E-state index contributed by atoms with van der Waals surface area (Å²) in [6, 6.07) is 9.59. The molecule has 1 aromatic rings. The maximum absolute atomic E-state index is 5.75. The van der Waals surface area contributed by atoms with Gasteiger partial charge in [0.1, 0.15) is 0 Å². The first kappa shape index (κ1) is 16.5. The molecule has 0 aliphatic heterocycles. The first-order valence-corrected chi connectivity index (χ1v) is 8.66. The number of hydrogen-bond donors (Lipinski definition) is 1. The van der Waals surface area contributed by atoms with Crippen LogP contribution in [-0.4, -0.2) is 19.8 Å². The number of benzene rings is 1. The van der Waals surface area contributed by atoms with Crippen molar-refractivity contribution in [2.75, 3.05) is 13.7 Å². The molecule has 1 aliphatic carbocycles. The lowest BCUT2D eigenvalue weighted by atomic mass is 9.79. The molecule has 0 saturated heterocycles. The molecule has 1 aliphatic rings. The Labute approximate surface area is 130 Å². The van der Waals surface area contributed by atoms with Gasteiger partial charge in [-0.3, -0.25) is 0 Å². The van der Waals surface area contributed by atoms with Crippen molar-refractivity contribution < 1.29 is 4.74 Å². The molecule has 0 amide bonds. The molecule has 1 N–H and O–H groups in total. The molecule has 0 radical (unpaired) electrons. The molecule has 1 fully saturated rings. The van der Waals surface area contributed by atoms with E-state index in [4.69, 9.17) is 4.74 Å². The number of rotatable bonds is 9. The maximum Gasteiger partial charge on any atom is 0.0765 e. The van der Waals surface area contributed by atoms with Crippen LogP contribution in [0.4, 0.5) is 0 Å². The van der Waals surface area contributed by atoms with Gasteiger partial charge in [0.25, 0.3) is 0 Å². The van der Waals surface area contributed by atoms with Crippen molar-refractivity contribution >= 4 is 0 Å². The zero-order chi connectivity index (χ0) is 15.1. The van der Waals surface area contributed by atoms with Crippen LogP contribution in [-0.2, 0) is 4.74 Å². The molecule has 2 atom stereocenters. The van der Waals surface area contributed by atoms with Crippen LogP contribution >= 0.6 is 0 Å². The first-order chi connectivity index (χ1) is 10.3. The topological polar surface area (TPSA) is 21.3 Å². The summed E-state index contributed by atoms with van der Waals surface area (Å²) < 4.78 is 5.75. The number of methoxy groups -OCH3 is 1. The Kier molecular flexibility index (Phi) is 6.72. The fraction of sp³-hybridized carbons (Fsp3) is 0.684. The van der Waals surface area contributed by atoms with Gasteiger partial charge in [0.05, 0.1) is 12.1 Å². The predicted molar refractivity (Wildman–Crippen MR) is 89.8 cm³/mol. The summed E-state index contributed by atoms with van der Waals surface area (Å²) in [6.07, 6.45) is 7.80. The van der Waals surface area contributed by atoms with Crippen molar-refractivity contribution in [3.8, 4) is 0 Å². The van der Waals surface area contributed by atoms with Crippen LogP contribution in [0, 0.1) is 0 Å². The minimum atomic E-state index is 0.260. The van der Waals surface area contributed by atoms with E-state index >= 15 is 0 Å². The summed E-state index contributed by atoms with van der Waals surface area (Å²) >= 11 is 0. The molecule has 0 aromatic heterocycles. The van der Waals surface area contributed by atoms with Crippen LogP contribution in [0.2, 0.25) is 0 Å². The van der Waals surface area contributed by atoms with Crippen LogP contribution in [0.15, 0.2) is 24.3 Å². The molecule has 118 valence electrons. The summed E-state index contributed by atoms with van der Waals surface area (Å²) in [7, 11) is 1.84. The van der Waals surface area contributed by atoms with Crippen molar-refractivity contribution in [1.82, 2.24) is 5.32 Å². The summed E-state index contributed by atoms with van der Waals surface area (Å²) in [5.41, 5.74) is 2.88. The molecule has 2 rings (SSSR count). The van der Waals surface area contributed by atoms with Crippen LogP contribution in [0.25, 0.3) is 0 Å². The monoisotopic (exact) mass is 289 g/mol. The Hall–Kier alpha value is -0.860. The van der Waals surface area contributed by atoms with E-state index in [1.165, 1.54) is 30.4 Å². The highest BCUT2D eigenvalue weighted by atomic mass is 16.5. The highest BCUT2D eigenvalue weighted by molar-refractivity contribution is 5.29. The average molecular weight is 289 g/mol. The first-order valence-electron chi connectivity index (χ1n) is 8.66. The third-order valence-corrected chi connectivity index (χ3v) is 4.73. The molecular formula is C19H31NO. The predicted octanol–water partition coefficient (Wildman–Crippen LogP) is 4.81. The lowest BCUT2D eigenvalue weighted by Gasteiger charge is -2.29. The van der Waals surface area contributed by atoms with E-state index in [1.54, 1.807) is 0 Å².